The van der Waals surface area contributed by atoms with Crippen LogP contribution in [-0.4, -0.2) is 34.6 Å². The average Bonchev–Trinajstić information content (AvgIpc) is 2.87. The van der Waals surface area contributed by atoms with Crippen molar-refractivity contribution in [3.8, 4) is 0 Å². The Morgan fingerprint density at radius 2 is 1.60 bits per heavy atom. The predicted octanol–water partition coefficient (Wildman–Crippen LogP) is 6.64. The van der Waals surface area contributed by atoms with Crippen LogP contribution in [0.2, 0.25) is 10.0 Å². The lowest BCUT2D eigenvalue weighted by atomic mass is 10.0. The number of hydrogen-bond acceptors (Lipinski definition) is 3. The fourth-order valence-corrected chi connectivity index (χ4v) is 4.67. The highest BCUT2D eigenvalue weighted by Gasteiger charge is 2.31. The molecule has 0 saturated heterocycles. The van der Waals surface area contributed by atoms with E-state index in [0.29, 0.717) is 16.5 Å². The van der Waals surface area contributed by atoms with Crippen LogP contribution in [0.3, 0.4) is 0 Å². The Morgan fingerprint density at radius 1 is 0.943 bits per heavy atom. The molecule has 35 heavy (non-hydrogen) atoms. The Hall–Kier alpha value is -2.47. The van der Waals surface area contributed by atoms with Crippen LogP contribution in [0.1, 0.15) is 31.4 Å². The Labute approximate surface area is 222 Å². The summed E-state index contributed by atoms with van der Waals surface area (Å²) in [4.78, 5) is 29.7. The molecule has 0 spiro atoms. The molecule has 3 aromatic carbocycles. The van der Waals surface area contributed by atoms with E-state index >= 15 is 0 Å². The molecule has 0 radical (unpaired) electrons. The third-order valence-electron chi connectivity index (χ3n) is 5.75. The van der Waals surface area contributed by atoms with E-state index in [-0.39, 0.29) is 30.2 Å². The van der Waals surface area contributed by atoms with Gasteiger partial charge in [-0.1, -0.05) is 78.7 Å². The first kappa shape index (κ1) is 27.1. The highest BCUT2D eigenvalue weighted by Crippen LogP contribution is 2.24. The van der Waals surface area contributed by atoms with E-state index in [4.69, 9.17) is 23.2 Å². The van der Waals surface area contributed by atoms with Crippen molar-refractivity contribution in [2.45, 2.75) is 50.2 Å². The first-order chi connectivity index (χ1) is 16.9. The normalized spacial score (nSPS) is 12.6. The molecule has 0 bridgehead atoms. The predicted molar refractivity (Wildman–Crippen MR) is 146 cm³/mol. The summed E-state index contributed by atoms with van der Waals surface area (Å²) in [7, 11) is 0. The van der Waals surface area contributed by atoms with Crippen LogP contribution >= 0.6 is 35.0 Å². The number of carbonyl (C=O) groups excluding carboxylic acids is 2. The zero-order chi connectivity index (χ0) is 25.2. The maximum atomic E-state index is 13.6. The van der Waals surface area contributed by atoms with E-state index in [0.717, 1.165) is 22.4 Å². The zero-order valence-corrected chi connectivity index (χ0v) is 22.2. The van der Waals surface area contributed by atoms with Gasteiger partial charge in [0.05, 0.1) is 5.75 Å². The Balaban J connectivity index is 1.91. The molecule has 184 valence electrons. The van der Waals surface area contributed by atoms with Crippen molar-refractivity contribution in [1.82, 2.24) is 10.2 Å². The SMILES string of the molecule is CC[C@H](C)NC(=O)[C@H](Cc1ccccc1)N(Cc1ccccc1Cl)C(=O)CSc1ccc(Cl)cc1. The third-order valence-corrected chi connectivity index (χ3v) is 7.36. The number of halogens is 2. The van der Waals surface area contributed by atoms with Gasteiger partial charge in [0.2, 0.25) is 11.8 Å². The van der Waals surface area contributed by atoms with E-state index in [1.165, 1.54) is 11.8 Å². The smallest absolute Gasteiger partial charge is 0.243 e. The van der Waals surface area contributed by atoms with E-state index < -0.39 is 6.04 Å². The van der Waals surface area contributed by atoms with Gasteiger partial charge in [-0.3, -0.25) is 9.59 Å². The van der Waals surface area contributed by atoms with Crippen LogP contribution in [0.5, 0.6) is 0 Å². The van der Waals surface area contributed by atoms with Crippen molar-refractivity contribution in [3.05, 3.63) is 100 Å². The monoisotopic (exact) mass is 528 g/mol. The van der Waals surface area contributed by atoms with E-state index in [1.807, 2.05) is 74.5 Å². The molecule has 0 aromatic heterocycles. The molecule has 1 N–H and O–H groups in total. The number of rotatable bonds is 11. The van der Waals surface area contributed by atoms with Gasteiger partial charge in [0.25, 0.3) is 0 Å². The van der Waals surface area contributed by atoms with Gasteiger partial charge in [-0.15, -0.1) is 11.8 Å². The van der Waals surface area contributed by atoms with Gasteiger partial charge in [-0.05, 0) is 54.8 Å². The van der Waals surface area contributed by atoms with Crippen LogP contribution < -0.4 is 5.32 Å². The molecule has 2 atom stereocenters. The van der Waals surface area contributed by atoms with Crippen LogP contribution in [0, 0.1) is 0 Å². The lowest BCUT2D eigenvalue weighted by molar-refractivity contribution is -0.139. The molecule has 7 heteroatoms. The fraction of sp³-hybridized carbons (Fsp3) is 0.286. The molecule has 0 saturated carbocycles. The van der Waals surface area contributed by atoms with Crippen molar-refractivity contribution < 1.29 is 9.59 Å². The summed E-state index contributed by atoms with van der Waals surface area (Å²) in [5.74, 6) is -0.112. The summed E-state index contributed by atoms with van der Waals surface area (Å²) >= 11 is 13.9. The largest absolute Gasteiger partial charge is 0.352 e. The van der Waals surface area contributed by atoms with E-state index in [9.17, 15) is 9.59 Å². The molecule has 2 amide bonds. The minimum Gasteiger partial charge on any atom is -0.352 e. The van der Waals surface area contributed by atoms with E-state index in [1.54, 1.807) is 23.1 Å². The second-order valence-corrected chi connectivity index (χ2v) is 10.3. The average molecular weight is 530 g/mol. The molecule has 0 heterocycles. The standard InChI is InChI=1S/C28H30Cl2N2O2S/c1-3-20(2)31-28(34)26(17-21-9-5-4-6-10-21)32(18-22-11-7-8-12-25(22)30)27(33)19-35-24-15-13-23(29)14-16-24/h4-16,20,26H,3,17-19H2,1-2H3,(H,31,34)/t20-,26-/m0/s1. The van der Waals surface area contributed by atoms with Crippen LogP contribution in [0.25, 0.3) is 0 Å². The van der Waals surface area contributed by atoms with Gasteiger partial charge in [-0.2, -0.15) is 0 Å². The molecule has 0 fully saturated rings. The molecular weight excluding hydrogens is 499 g/mol. The number of nitrogens with one attached hydrogen (secondary N) is 1. The summed E-state index contributed by atoms with van der Waals surface area (Å²) in [6.45, 7) is 4.23. The Morgan fingerprint density at radius 3 is 2.26 bits per heavy atom. The summed E-state index contributed by atoms with van der Waals surface area (Å²) in [6, 6.07) is 23.9. The second-order valence-electron chi connectivity index (χ2n) is 8.38. The quantitative estimate of drug-likeness (QED) is 0.283. The summed E-state index contributed by atoms with van der Waals surface area (Å²) in [5, 5.41) is 4.29. The van der Waals surface area contributed by atoms with Gasteiger partial charge in [0, 0.05) is 33.9 Å². The highest BCUT2D eigenvalue weighted by molar-refractivity contribution is 8.00. The minimum atomic E-state index is -0.680. The van der Waals surface area contributed by atoms with Crippen molar-refractivity contribution in [1.29, 1.82) is 0 Å². The molecule has 4 nitrogen and oxygen atoms in total. The lowest BCUT2D eigenvalue weighted by Gasteiger charge is -2.32. The van der Waals surface area contributed by atoms with Crippen molar-refractivity contribution in [2.24, 2.45) is 0 Å². The van der Waals surface area contributed by atoms with Gasteiger partial charge >= 0.3 is 0 Å². The number of nitrogens with zero attached hydrogens (tertiary/aromatic N) is 1. The van der Waals surface area contributed by atoms with E-state index in [2.05, 4.69) is 5.32 Å². The van der Waals surface area contributed by atoms with Crippen molar-refractivity contribution in [2.75, 3.05) is 5.75 Å². The number of thioether (sulfide) groups is 1. The van der Waals surface area contributed by atoms with Crippen molar-refractivity contribution >= 4 is 46.8 Å². The van der Waals surface area contributed by atoms with Gasteiger partial charge in [-0.25, -0.2) is 0 Å². The molecule has 0 aliphatic carbocycles. The first-order valence-electron chi connectivity index (χ1n) is 11.6. The van der Waals surface area contributed by atoms with Gasteiger partial charge in [0.15, 0.2) is 0 Å². The highest BCUT2D eigenvalue weighted by atomic mass is 35.5. The maximum Gasteiger partial charge on any atom is 0.243 e. The number of carbonyl (C=O) groups is 2. The second kappa shape index (κ2) is 13.6. The van der Waals surface area contributed by atoms with Gasteiger partial charge in [0.1, 0.15) is 6.04 Å². The summed E-state index contributed by atoms with van der Waals surface area (Å²) in [6.07, 6.45) is 1.21. The first-order valence-corrected chi connectivity index (χ1v) is 13.4. The zero-order valence-electron chi connectivity index (χ0n) is 19.9. The molecular formula is C28H30Cl2N2O2S. The van der Waals surface area contributed by atoms with Crippen molar-refractivity contribution in [3.63, 3.8) is 0 Å². The summed E-state index contributed by atoms with van der Waals surface area (Å²) < 4.78 is 0. The summed E-state index contributed by atoms with van der Waals surface area (Å²) in [5.41, 5.74) is 1.78. The molecule has 0 unspecified atom stereocenters. The fourth-order valence-electron chi connectivity index (χ4n) is 3.56. The third kappa shape index (κ3) is 8.31. The lowest BCUT2D eigenvalue weighted by Crippen LogP contribution is -2.52. The Bertz CT molecular complexity index is 1110. The number of benzene rings is 3. The number of amides is 2. The molecule has 0 aliphatic heterocycles. The van der Waals surface area contributed by atoms with Crippen LogP contribution in [-0.2, 0) is 22.6 Å². The van der Waals surface area contributed by atoms with Gasteiger partial charge < -0.3 is 10.2 Å². The van der Waals surface area contributed by atoms with Crippen LogP contribution in [0.4, 0.5) is 0 Å². The number of hydrogen-bond donors (Lipinski definition) is 1. The molecule has 3 aromatic rings. The maximum absolute atomic E-state index is 13.6. The van der Waals surface area contributed by atoms with Crippen LogP contribution in [0.15, 0.2) is 83.8 Å². The topological polar surface area (TPSA) is 49.4 Å². The molecule has 0 aliphatic rings. The molecule has 3 rings (SSSR count). The minimum absolute atomic E-state index is 0.00137. The Kier molecular flexibility index (Phi) is 10.5.